The van der Waals surface area contributed by atoms with Gasteiger partial charge in [0.15, 0.2) is 0 Å². The molecular formula is C16H21ClN2O2. The summed E-state index contributed by atoms with van der Waals surface area (Å²) in [5.41, 5.74) is 0.802. The molecule has 0 aliphatic carbocycles. The van der Waals surface area contributed by atoms with Gasteiger partial charge >= 0.3 is 0 Å². The van der Waals surface area contributed by atoms with Gasteiger partial charge < -0.3 is 9.80 Å². The minimum atomic E-state index is -0.539. The molecule has 0 radical (unpaired) electrons. The molecule has 2 amide bonds. The van der Waals surface area contributed by atoms with Gasteiger partial charge in [0.05, 0.1) is 0 Å². The Labute approximate surface area is 130 Å². The summed E-state index contributed by atoms with van der Waals surface area (Å²) in [6, 6.07) is 7.14. The molecule has 1 fully saturated rings. The second-order valence-corrected chi connectivity index (χ2v) is 5.86. The van der Waals surface area contributed by atoms with Crippen LogP contribution in [0.15, 0.2) is 24.3 Å². The van der Waals surface area contributed by atoms with Crippen LogP contribution in [-0.2, 0) is 9.59 Å². The Kier molecular flexibility index (Phi) is 5.23. The molecule has 1 heterocycles. The van der Waals surface area contributed by atoms with Gasteiger partial charge in [-0.25, -0.2) is 0 Å². The first-order valence-corrected chi connectivity index (χ1v) is 7.74. The van der Waals surface area contributed by atoms with Crippen molar-refractivity contribution in [2.75, 3.05) is 25.0 Å². The smallest absolute Gasteiger partial charge is 0.239 e. The zero-order valence-corrected chi connectivity index (χ0v) is 13.3. The molecular weight excluding hydrogens is 288 g/mol. The quantitative estimate of drug-likeness (QED) is 0.785. The summed E-state index contributed by atoms with van der Waals surface area (Å²) in [5, 5.41) is 0.636. The van der Waals surface area contributed by atoms with Crippen LogP contribution >= 0.6 is 11.6 Å². The van der Waals surface area contributed by atoms with E-state index in [1.807, 2.05) is 12.1 Å². The van der Waals surface area contributed by atoms with Crippen LogP contribution in [0.1, 0.15) is 26.2 Å². The Bertz CT molecular complexity index is 516. The molecule has 0 aromatic heterocycles. The van der Waals surface area contributed by atoms with Crippen LogP contribution in [0.25, 0.3) is 0 Å². The molecule has 1 aliphatic heterocycles. The number of benzene rings is 1. The van der Waals surface area contributed by atoms with Crippen LogP contribution in [0.2, 0.25) is 5.02 Å². The van der Waals surface area contributed by atoms with Crippen LogP contribution in [-0.4, -0.2) is 36.9 Å². The van der Waals surface area contributed by atoms with Crippen LogP contribution in [0.3, 0.4) is 0 Å². The van der Waals surface area contributed by atoms with E-state index in [1.165, 1.54) is 0 Å². The molecule has 4 nitrogen and oxygen atoms in total. The lowest BCUT2D eigenvalue weighted by molar-refractivity contribution is -0.138. The standard InChI is InChI=1S/C16H21ClN2O2/c1-3-4-10-18(2)15(20)14-9-11-19(16(14)21)13-7-5-12(17)6-8-13/h5-8,14H,3-4,9-11H2,1-2H3. The molecule has 5 heteroatoms. The highest BCUT2D eigenvalue weighted by Gasteiger charge is 2.38. The van der Waals surface area contributed by atoms with Gasteiger partial charge in [0.25, 0.3) is 0 Å². The minimum Gasteiger partial charge on any atom is -0.345 e. The molecule has 1 aromatic rings. The second kappa shape index (κ2) is 6.94. The summed E-state index contributed by atoms with van der Waals surface area (Å²) in [7, 11) is 1.77. The second-order valence-electron chi connectivity index (χ2n) is 5.42. The van der Waals surface area contributed by atoms with E-state index in [-0.39, 0.29) is 11.8 Å². The van der Waals surface area contributed by atoms with E-state index in [9.17, 15) is 9.59 Å². The fourth-order valence-corrected chi connectivity index (χ4v) is 2.68. The van der Waals surface area contributed by atoms with E-state index in [1.54, 1.807) is 29.0 Å². The number of carbonyl (C=O) groups is 2. The molecule has 0 saturated carbocycles. The molecule has 1 aromatic carbocycles. The van der Waals surface area contributed by atoms with Gasteiger partial charge in [-0.3, -0.25) is 9.59 Å². The Balaban J connectivity index is 2.04. The third kappa shape index (κ3) is 3.56. The summed E-state index contributed by atoms with van der Waals surface area (Å²) in [6.45, 7) is 3.37. The topological polar surface area (TPSA) is 40.6 Å². The fourth-order valence-electron chi connectivity index (χ4n) is 2.56. The van der Waals surface area contributed by atoms with Crippen LogP contribution in [0.4, 0.5) is 5.69 Å². The lowest BCUT2D eigenvalue weighted by Gasteiger charge is -2.21. The highest BCUT2D eigenvalue weighted by Crippen LogP contribution is 2.27. The number of unbranched alkanes of at least 4 members (excludes halogenated alkanes) is 1. The number of anilines is 1. The number of hydrogen-bond donors (Lipinski definition) is 0. The monoisotopic (exact) mass is 308 g/mol. The van der Waals surface area contributed by atoms with Crippen LogP contribution < -0.4 is 4.90 Å². The highest BCUT2D eigenvalue weighted by molar-refractivity contribution is 6.30. The summed E-state index contributed by atoms with van der Waals surface area (Å²) >= 11 is 5.86. The molecule has 1 saturated heterocycles. The molecule has 2 rings (SSSR count). The number of nitrogens with zero attached hydrogens (tertiary/aromatic N) is 2. The normalized spacial score (nSPS) is 18.1. The van der Waals surface area contributed by atoms with Crippen molar-refractivity contribution in [3.8, 4) is 0 Å². The lowest BCUT2D eigenvalue weighted by atomic mass is 10.1. The first-order valence-electron chi connectivity index (χ1n) is 7.36. The number of carbonyl (C=O) groups excluding carboxylic acids is 2. The Morgan fingerprint density at radius 3 is 2.67 bits per heavy atom. The lowest BCUT2D eigenvalue weighted by Crippen LogP contribution is -2.38. The predicted molar refractivity (Wildman–Crippen MR) is 84.5 cm³/mol. The first kappa shape index (κ1) is 15.8. The third-order valence-electron chi connectivity index (χ3n) is 3.87. The van der Waals surface area contributed by atoms with Crippen molar-refractivity contribution in [3.05, 3.63) is 29.3 Å². The first-order chi connectivity index (χ1) is 10.0. The van der Waals surface area contributed by atoms with Gasteiger partial charge in [-0.1, -0.05) is 24.9 Å². The maximum atomic E-state index is 12.5. The molecule has 0 N–H and O–H groups in total. The van der Waals surface area contributed by atoms with Gasteiger partial charge in [0.2, 0.25) is 11.8 Å². The van der Waals surface area contributed by atoms with E-state index in [2.05, 4.69) is 6.92 Å². The van der Waals surface area contributed by atoms with E-state index < -0.39 is 5.92 Å². The van der Waals surface area contributed by atoms with E-state index in [0.717, 1.165) is 18.5 Å². The van der Waals surface area contributed by atoms with Gasteiger partial charge in [-0.15, -0.1) is 0 Å². The minimum absolute atomic E-state index is 0.0649. The van der Waals surface area contributed by atoms with Gasteiger partial charge in [0, 0.05) is 30.8 Å². The van der Waals surface area contributed by atoms with Crippen LogP contribution in [0, 0.1) is 5.92 Å². The van der Waals surface area contributed by atoms with Crippen molar-refractivity contribution in [1.29, 1.82) is 0 Å². The number of amides is 2. The third-order valence-corrected chi connectivity index (χ3v) is 4.12. The van der Waals surface area contributed by atoms with Gasteiger partial charge in [-0.2, -0.15) is 0 Å². The maximum absolute atomic E-state index is 12.5. The Hall–Kier alpha value is -1.55. The number of halogens is 1. The Morgan fingerprint density at radius 2 is 2.05 bits per heavy atom. The summed E-state index contributed by atoms with van der Waals surface area (Å²) in [4.78, 5) is 28.2. The van der Waals surface area contributed by atoms with Crippen molar-refractivity contribution < 1.29 is 9.59 Å². The highest BCUT2D eigenvalue weighted by atomic mass is 35.5. The van der Waals surface area contributed by atoms with Crippen molar-refractivity contribution in [3.63, 3.8) is 0 Å². The summed E-state index contributed by atoms with van der Waals surface area (Å²) in [5.74, 6) is -0.710. The number of hydrogen-bond acceptors (Lipinski definition) is 2. The maximum Gasteiger partial charge on any atom is 0.239 e. The zero-order chi connectivity index (χ0) is 15.4. The molecule has 1 aliphatic rings. The van der Waals surface area contributed by atoms with Crippen molar-refractivity contribution in [1.82, 2.24) is 4.90 Å². The average Bonchev–Trinajstić information content (AvgIpc) is 2.86. The number of rotatable bonds is 5. The van der Waals surface area contributed by atoms with Crippen molar-refractivity contribution in [2.45, 2.75) is 26.2 Å². The molecule has 1 atom stereocenters. The predicted octanol–water partition coefficient (Wildman–Crippen LogP) is 2.95. The fraction of sp³-hybridized carbons (Fsp3) is 0.500. The Morgan fingerprint density at radius 1 is 1.38 bits per heavy atom. The molecule has 0 spiro atoms. The van der Waals surface area contributed by atoms with Gasteiger partial charge in [-0.05, 0) is 37.1 Å². The van der Waals surface area contributed by atoms with Crippen molar-refractivity contribution >= 4 is 29.1 Å². The zero-order valence-electron chi connectivity index (χ0n) is 12.5. The van der Waals surface area contributed by atoms with E-state index >= 15 is 0 Å². The molecule has 1 unspecified atom stereocenters. The summed E-state index contributed by atoms with van der Waals surface area (Å²) < 4.78 is 0. The van der Waals surface area contributed by atoms with E-state index in [0.29, 0.717) is 24.5 Å². The molecule has 0 bridgehead atoms. The van der Waals surface area contributed by atoms with Crippen LogP contribution in [0.5, 0.6) is 0 Å². The van der Waals surface area contributed by atoms with Gasteiger partial charge in [0.1, 0.15) is 5.92 Å². The average molecular weight is 309 g/mol. The molecule has 21 heavy (non-hydrogen) atoms. The molecule has 114 valence electrons. The van der Waals surface area contributed by atoms with Crippen molar-refractivity contribution in [2.24, 2.45) is 5.92 Å². The van der Waals surface area contributed by atoms with E-state index in [4.69, 9.17) is 11.6 Å². The summed E-state index contributed by atoms with van der Waals surface area (Å²) in [6.07, 6.45) is 2.58. The SMILES string of the molecule is CCCCN(C)C(=O)C1CCN(c2ccc(Cl)cc2)C1=O. The largest absolute Gasteiger partial charge is 0.345 e.